The summed E-state index contributed by atoms with van der Waals surface area (Å²) in [7, 11) is 1.96. The van der Waals surface area contributed by atoms with Gasteiger partial charge in [0.05, 0.1) is 16.5 Å². The molecule has 19 heavy (non-hydrogen) atoms. The lowest BCUT2D eigenvalue weighted by molar-refractivity contribution is 0.242. The molecule has 102 valence electrons. The number of rotatable bonds is 5. The quantitative estimate of drug-likeness (QED) is 0.877. The highest BCUT2D eigenvalue weighted by Crippen LogP contribution is 2.31. The van der Waals surface area contributed by atoms with Crippen molar-refractivity contribution >= 4 is 22.9 Å². The Morgan fingerprint density at radius 2 is 1.79 bits per heavy atom. The molecule has 2 nitrogen and oxygen atoms in total. The molecule has 0 amide bonds. The summed E-state index contributed by atoms with van der Waals surface area (Å²) in [6.07, 6.45) is 0.196. The minimum atomic E-state index is 0.172. The highest BCUT2D eigenvalue weighted by atomic mass is 35.5. The molecule has 1 aromatic carbocycles. The van der Waals surface area contributed by atoms with Crippen molar-refractivity contribution in [3.05, 3.63) is 51.2 Å². The second kappa shape index (κ2) is 6.42. The van der Waals surface area contributed by atoms with Gasteiger partial charge < -0.3 is 10.1 Å². The Bertz CT molecular complexity index is 521. The Balaban J connectivity index is 2.19. The van der Waals surface area contributed by atoms with E-state index in [-0.39, 0.29) is 12.1 Å². The molecule has 0 aliphatic rings. The van der Waals surface area contributed by atoms with Crippen molar-refractivity contribution in [2.24, 2.45) is 0 Å². The number of halogens is 1. The third-order valence-electron chi connectivity index (χ3n) is 2.75. The van der Waals surface area contributed by atoms with Crippen LogP contribution >= 0.6 is 22.9 Å². The van der Waals surface area contributed by atoms with Crippen molar-refractivity contribution in [1.82, 2.24) is 5.32 Å². The zero-order valence-corrected chi connectivity index (χ0v) is 12.9. The first-order chi connectivity index (χ1) is 9.10. The zero-order chi connectivity index (χ0) is 13.8. The van der Waals surface area contributed by atoms with Crippen molar-refractivity contribution in [3.63, 3.8) is 0 Å². The first kappa shape index (κ1) is 14.4. The summed E-state index contributed by atoms with van der Waals surface area (Å²) in [5.74, 6) is 0.901. The van der Waals surface area contributed by atoms with E-state index in [0.717, 1.165) is 10.1 Å². The van der Waals surface area contributed by atoms with Gasteiger partial charge in [-0.2, -0.15) is 0 Å². The van der Waals surface area contributed by atoms with Gasteiger partial charge in [-0.15, -0.1) is 11.3 Å². The number of nitrogens with one attached hydrogen (secondary N) is 1. The Kier molecular flexibility index (Phi) is 4.86. The predicted octanol–water partition coefficient (Wildman–Crippen LogP) is 4.50. The van der Waals surface area contributed by atoms with Crippen molar-refractivity contribution in [1.29, 1.82) is 0 Å². The molecule has 0 fully saturated rings. The first-order valence-electron chi connectivity index (χ1n) is 6.29. The zero-order valence-electron chi connectivity index (χ0n) is 11.3. The van der Waals surface area contributed by atoms with Crippen LogP contribution in [-0.4, -0.2) is 13.2 Å². The van der Waals surface area contributed by atoms with Crippen LogP contribution in [0.15, 0.2) is 36.4 Å². The summed E-state index contributed by atoms with van der Waals surface area (Å²) < 4.78 is 6.47. The van der Waals surface area contributed by atoms with Gasteiger partial charge in [0.15, 0.2) is 0 Å². The molecular formula is C15H18ClNOS. The van der Waals surface area contributed by atoms with Gasteiger partial charge in [-0.1, -0.05) is 23.7 Å². The SMILES string of the molecule is CNC(c1ccc(OC(C)C)cc1)c1ccc(Cl)s1. The summed E-state index contributed by atoms with van der Waals surface area (Å²) >= 11 is 7.60. The third kappa shape index (κ3) is 3.72. The average molecular weight is 296 g/mol. The van der Waals surface area contributed by atoms with Crippen LogP contribution in [0.3, 0.4) is 0 Å². The van der Waals surface area contributed by atoms with Gasteiger partial charge in [0.2, 0.25) is 0 Å². The van der Waals surface area contributed by atoms with Gasteiger partial charge in [0.25, 0.3) is 0 Å². The van der Waals surface area contributed by atoms with Crippen molar-refractivity contribution in [3.8, 4) is 5.75 Å². The molecular weight excluding hydrogens is 278 g/mol. The van der Waals surface area contributed by atoms with E-state index in [0.29, 0.717) is 0 Å². The smallest absolute Gasteiger partial charge is 0.119 e. The molecule has 0 saturated carbocycles. The number of ether oxygens (including phenoxy) is 1. The molecule has 4 heteroatoms. The first-order valence-corrected chi connectivity index (χ1v) is 7.48. The molecule has 0 spiro atoms. The fourth-order valence-electron chi connectivity index (χ4n) is 1.97. The molecule has 0 aliphatic carbocycles. The van der Waals surface area contributed by atoms with E-state index in [2.05, 4.69) is 23.5 Å². The van der Waals surface area contributed by atoms with Crippen LogP contribution in [0, 0.1) is 0 Å². The fraction of sp³-hybridized carbons (Fsp3) is 0.333. The summed E-state index contributed by atoms with van der Waals surface area (Å²) in [5.41, 5.74) is 1.21. The monoisotopic (exact) mass is 295 g/mol. The van der Waals surface area contributed by atoms with Crippen molar-refractivity contribution in [2.45, 2.75) is 26.0 Å². The highest BCUT2D eigenvalue weighted by molar-refractivity contribution is 7.16. The Morgan fingerprint density at radius 3 is 2.26 bits per heavy atom. The summed E-state index contributed by atoms with van der Waals surface area (Å²) in [5, 5.41) is 3.32. The van der Waals surface area contributed by atoms with E-state index in [1.807, 2.05) is 39.1 Å². The molecule has 0 bridgehead atoms. The number of hydrogen-bond acceptors (Lipinski definition) is 3. The molecule has 1 heterocycles. The van der Waals surface area contributed by atoms with Crippen LogP contribution in [0.2, 0.25) is 4.34 Å². The maximum absolute atomic E-state index is 6.00. The van der Waals surface area contributed by atoms with E-state index in [4.69, 9.17) is 16.3 Å². The number of benzene rings is 1. The lowest BCUT2D eigenvalue weighted by Gasteiger charge is -2.16. The average Bonchev–Trinajstić information content (AvgIpc) is 2.78. The van der Waals surface area contributed by atoms with E-state index in [1.165, 1.54) is 10.4 Å². The van der Waals surface area contributed by atoms with Gasteiger partial charge in [0, 0.05) is 4.88 Å². The molecule has 2 rings (SSSR count). The van der Waals surface area contributed by atoms with Crippen molar-refractivity contribution in [2.75, 3.05) is 7.05 Å². The third-order valence-corrected chi connectivity index (χ3v) is 4.05. The molecule has 1 N–H and O–H groups in total. The highest BCUT2D eigenvalue weighted by Gasteiger charge is 2.14. The van der Waals surface area contributed by atoms with E-state index in [1.54, 1.807) is 11.3 Å². The number of thiophene rings is 1. The summed E-state index contributed by atoms with van der Waals surface area (Å²) in [6.45, 7) is 4.05. The summed E-state index contributed by atoms with van der Waals surface area (Å²) in [4.78, 5) is 1.21. The van der Waals surface area contributed by atoms with Crippen LogP contribution in [-0.2, 0) is 0 Å². The molecule has 1 aromatic heterocycles. The lowest BCUT2D eigenvalue weighted by atomic mass is 10.1. The Hall–Kier alpha value is -1.03. The Morgan fingerprint density at radius 1 is 1.11 bits per heavy atom. The van der Waals surface area contributed by atoms with Crippen LogP contribution in [0.5, 0.6) is 5.75 Å². The minimum Gasteiger partial charge on any atom is -0.491 e. The van der Waals surface area contributed by atoms with Gasteiger partial charge in [-0.05, 0) is 50.7 Å². The van der Waals surface area contributed by atoms with E-state index in [9.17, 15) is 0 Å². The summed E-state index contributed by atoms with van der Waals surface area (Å²) in [6, 6.07) is 12.4. The number of hydrogen-bond donors (Lipinski definition) is 1. The van der Waals surface area contributed by atoms with Crippen LogP contribution in [0.25, 0.3) is 0 Å². The van der Waals surface area contributed by atoms with Crippen LogP contribution < -0.4 is 10.1 Å². The van der Waals surface area contributed by atoms with Gasteiger partial charge in [0.1, 0.15) is 5.75 Å². The predicted molar refractivity (Wildman–Crippen MR) is 82.4 cm³/mol. The minimum absolute atomic E-state index is 0.172. The maximum Gasteiger partial charge on any atom is 0.119 e. The van der Waals surface area contributed by atoms with E-state index >= 15 is 0 Å². The molecule has 0 aliphatic heterocycles. The van der Waals surface area contributed by atoms with Crippen LogP contribution in [0.1, 0.15) is 30.3 Å². The fourth-order valence-corrected chi connectivity index (χ4v) is 3.17. The lowest BCUT2D eigenvalue weighted by Crippen LogP contribution is -2.16. The van der Waals surface area contributed by atoms with E-state index < -0.39 is 0 Å². The largest absolute Gasteiger partial charge is 0.491 e. The molecule has 0 radical (unpaired) electrons. The van der Waals surface area contributed by atoms with Gasteiger partial charge >= 0.3 is 0 Å². The molecule has 0 saturated heterocycles. The van der Waals surface area contributed by atoms with Crippen LogP contribution in [0.4, 0.5) is 0 Å². The standard InChI is InChI=1S/C15H18ClNOS/c1-10(2)18-12-6-4-11(5-7-12)15(17-3)13-8-9-14(16)19-13/h4-10,15,17H,1-3H3. The topological polar surface area (TPSA) is 21.3 Å². The molecule has 1 unspecified atom stereocenters. The second-order valence-corrected chi connectivity index (χ2v) is 6.35. The molecule has 1 atom stereocenters. The van der Waals surface area contributed by atoms with Gasteiger partial charge in [-0.3, -0.25) is 0 Å². The normalized spacial score (nSPS) is 12.7. The molecule has 2 aromatic rings. The second-order valence-electron chi connectivity index (χ2n) is 4.60. The van der Waals surface area contributed by atoms with Crippen molar-refractivity contribution < 1.29 is 4.74 Å². The van der Waals surface area contributed by atoms with Gasteiger partial charge in [-0.25, -0.2) is 0 Å². The Labute approximate surface area is 123 Å². The maximum atomic E-state index is 6.00.